The van der Waals surface area contributed by atoms with Crippen LogP contribution >= 0.6 is 7.82 Å². The summed E-state index contributed by atoms with van der Waals surface area (Å²) in [5, 5.41) is 12.7. The molecule has 0 radical (unpaired) electrons. The van der Waals surface area contributed by atoms with Crippen molar-refractivity contribution in [2.45, 2.75) is 45.8 Å². The number of likely N-dealkylation sites (N-methyl/N-ethyl adjacent to an activating group) is 1. The fraction of sp³-hybridized carbons (Fsp3) is 0.778. The van der Waals surface area contributed by atoms with Gasteiger partial charge in [0.25, 0.3) is 7.82 Å². The van der Waals surface area contributed by atoms with E-state index in [1.54, 1.807) is 19.9 Å². The fourth-order valence-corrected chi connectivity index (χ4v) is 2.61. The highest BCUT2D eigenvalue weighted by molar-refractivity contribution is 7.45. The van der Waals surface area contributed by atoms with Gasteiger partial charge in [-0.2, -0.15) is 0 Å². The Morgan fingerprint density at radius 1 is 1.25 bits per heavy atom. The summed E-state index contributed by atoms with van der Waals surface area (Å²) in [6.07, 6.45) is 2.24. The van der Waals surface area contributed by atoms with Gasteiger partial charge in [0, 0.05) is 5.92 Å². The standard InChI is InChI=1S/C18H35N2O7P/c1-7-8-9-16(21)15(19-18(23)12-17(22)14(2)3)13-27-28(24,25)26-11-10-20(4,5)6/h8-9,14-16,21H,7,10-13H2,1-6H3,(H-,19,23,24,25). The molecule has 0 rings (SSSR count). The maximum absolute atomic E-state index is 12.1. The molecule has 0 saturated heterocycles. The Kier molecular flexibility index (Phi) is 12.0. The van der Waals surface area contributed by atoms with E-state index in [1.807, 2.05) is 28.1 Å². The number of amides is 1. The van der Waals surface area contributed by atoms with Crippen LogP contribution in [0.2, 0.25) is 0 Å². The van der Waals surface area contributed by atoms with E-state index in [0.717, 1.165) is 0 Å². The molecule has 0 aromatic rings. The van der Waals surface area contributed by atoms with E-state index >= 15 is 0 Å². The van der Waals surface area contributed by atoms with Crippen LogP contribution in [0.1, 0.15) is 33.6 Å². The van der Waals surface area contributed by atoms with Crippen molar-refractivity contribution in [2.24, 2.45) is 5.92 Å². The Bertz CT molecular complexity index is 573. The molecular formula is C18H35N2O7P. The maximum atomic E-state index is 12.1. The zero-order valence-corrected chi connectivity index (χ0v) is 18.6. The predicted octanol–water partition coefficient (Wildman–Crippen LogP) is 0.621. The van der Waals surface area contributed by atoms with Crippen molar-refractivity contribution in [1.29, 1.82) is 0 Å². The topological polar surface area (TPSA) is 125 Å². The van der Waals surface area contributed by atoms with E-state index in [-0.39, 0.29) is 24.7 Å². The Morgan fingerprint density at radius 3 is 2.36 bits per heavy atom. The summed E-state index contributed by atoms with van der Waals surface area (Å²) in [5.74, 6) is -1.17. The molecule has 0 aromatic heterocycles. The first-order chi connectivity index (χ1) is 12.8. The molecule has 0 aliphatic heterocycles. The van der Waals surface area contributed by atoms with Crippen molar-refractivity contribution in [1.82, 2.24) is 5.32 Å². The molecule has 0 spiro atoms. The van der Waals surface area contributed by atoms with E-state index in [9.17, 15) is 24.2 Å². The first-order valence-electron chi connectivity index (χ1n) is 9.34. The van der Waals surface area contributed by atoms with Crippen molar-refractivity contribution in [2.75, 3.05) is 40.9 Å². The minimum absolute atomic E-state index is 0.0531. The summed E-state index contributed by atoms with van der Waals surface area (Å²) in [4.78, 5) is 35.7. The van der Waals surface area contributed by atoms with Crippen LogP contribution in [0.5, 0.6) is 0 Å². The number of aliphatic hydroxyl groups is 1. The second kappa shape index (κ2) is 12.5. The van der Waals surface area contributed by atoms with Gasteiger partial charge >= 0.3 is 0 Å². The molecular weight excluding hydrogens is 387 g/mol. The number of phosphoric ester groups is 1. The minimum atomic E-state index is -4.60. The first kappa shape index (κ1) is 26.9. The normalized spacial score (nSPS) is 16.8. The van der Waals surface area contributed by atoms with Crippen molar-refractivity contribution < 1.29 is 37.7 Å². The summed E-state index contributed by atoms with van der Waals surface area (Å²) in [6.45, 7) is 5.11. The second-order valence-corrected chi connectivity index (χ2v) is 9.30. The van der Waals surface area contributed by atoms with Crippen LogP contribution in [0.4, 0.5) is 0 Å². The number of nitrogens with one attached hydrogen (secondary N) is 1. The van der Waals surface area contributed by atoms with Crippen molar-refractivity contribution >= 4 is 19.5 Å². The van der Waals surface area contributed by atoms with Crippen LogP contribution < -0.4 is 10.2 Å². The highest BCUT2D eigenvalue weighted by Crippen LogP contribution is 2.38. The Balaban J connectivity index is 4.88. The molecule has 164 valence electrons. The third kappa shape index (κ3) is 13.1. The fourth-order valence-electron chi connectivity index (χ4n) is 1.89. The van der Waals surface area contributed by atoms with Crippen LogP contribution in [0.3, 0.4) is 0 Å². The molecule has 28 heavy (non-hydrogen) atoms. The van der Waals surface area contributed by atoms with Gasteiger partial charge in [0.15, 0.2) is 0 Å². The van der Waals surface area contributed by atoms with Crippen LogP contribution in [0.15, 0.2) is 12.2 Å². The first-order valence-corrected chi connectivity index (χ1v) is 10.8. The maximum Gasteiger partial charge on any atom is 0.268 e. The number of carbonyl (C=O) groups excluding carboxylic acids is 2. The van der Waals surface area contributed by atoms with E-state index in [4.69, 9.17) is 9.05 Å². The lowest BCUT2D eigenvalue weighted by Gasteiger charge is -2.29. The lowest BCUT2D eigenvalue weighted by molar-refractivity contribution is -0.870. The predicted molar refractivity (Wildman–Crippen MR) is 104 cm³/mol. The smallest absolute Gasteiger partial charge is 0.268 e. The summed E-state index contributed by atoms with van der Waals surface area (Å²) in [6, 6.07) is -1.04. The molecule has 10 heteroatoms. The molecule has 0 aromatic carbocycles. The number of hydrogen-bond donors (Lipinski definition) is 2. The third-order valence-electron chi connectivity index (χ3n) is 3.73. The molecule has 9 nitrogen and oxygen atoms in total. The van der Waals surface area contributed by atoms with Gasteiger partial charge in [0.05, 0.1) is 46.3 Å². The molecule has 0 saturated carbocycles. The van der Waals surface area contributed by atoms with Gasteiger partial charge < -0.3 is 28.8 Å². The zero-order valence-electron chi connectivity index (χ0n) is 17.7. The molecule has 3 atom stereocenters. The minimum Gasteiger partial charge on any atom is -0.756 e. The van der Waals surface area contributed by atoms with Crippen molar-refractivity contribution in [3.05, 3.63) is 12.2 Å². The van der Waals surface area contributed by atoms with E-state index in [1.165, 1.54) is 6.08 Å². The van der Waals surface area contributed by atoms with Crippen molar-refractivity contribution in [3.63, 3.8) is 0 Å². The number of allylic oxidation sites excluding steroid dienone is 1. The number of quaternary nitrogens is 1. The molecule has 0 aliphatic rings. The summed E-state index contributed by atoms with van der Waals surface area (Å²) >= 11 is 0. The Hall–Kier alpha value is -1.09. The number of aliphatic hydroxyl groups excluding tert-OH is 1. The average molecular weight is 422 g/mol. The van der Waals surface area contributed by atoms with Gasteiger partial charge in [-0.25, -0.2) is 0 Å². The average Bonchev–Trinajstić information content (AvgIpc) is 2.54. The van der Waals surface area contributed by atoms with Crippen LogP contribution in [0, 0.1) is 5.92 Å². The van der Waals surface area contributed by atoms with Crippen LogP contribution in [-0.2, 0) is 23.2 Å². The van der Waals surface area contributed by atoms with Crippen molar-refractivity contribution in [3.8, 4) is 0 Å². The number of ketones is 1. The van der Waals surface area contributed by atoms with Gasteiger partial charge in [-0.05, 0) is 6.42 Å². The lowest BCUT2D eigenvalue weighted by Crippen LogP contribution is -2.46. The highest BCUT2D eigenvalue weighted by Gasteiger charge is 2.24. The number of Topliss-reactive ketones (excluding diaryl/α,β-unsaturated/α-hetero) is 1. The molecule has 2 N–H and O–H groups in total. The summed E-state index contributed by atoms with van der Waals surface area (Å²) in [7, 11) is 1.07. The number of phosphoric acid groups is 1. The van der Waals surface area contributed by atoms with Gasteiger partial charge in [-0.15, -0.1) is 0 Å². The molecule has 0 fully saturated rings. The van der Waals surface area contributed by atoms with Gasteiger partial charge in [-0.1, -0.05) is 32.9 Å². The molecule has 0 heterocycles. The quantitative estimate of drug-likeness (QED) is 0.182. The third-order valence-corrected chi connectivity index (χ3v) is 4.69. The summed E-state index contributed by atoms with van der Waals surface area (Å²) < 4.78 is 22.1. The molecule has 0 bridgehead atoms. The van der Waals surface area contributed by atoms with Crippen LogP contribution in [-0.4, -0.2) is 74.3 Å². The lowest BCUT2D eigenvalue weighted by atomic mass is 10.1. The van der Waals surface area contributed by atoms with Gasteiger partial charge in [0.2, 0.25) is 5.91 Å². The summed E-state index contributed by atoms with van der Waals surface area (Å²) in [5.41, 5.74) is 0. The Labute approximate surface area is 167 Å². The number of rotatable bonds is 14. The van der Waals surface area contributed by atoms with E-state index < -0.39 is 32.5 Å². The number of nitrogens with zero attached hydrogens (tertiary/aromatic N) is 1. The molecule has 3 unspecified atom stereocenters. The van der Waals surface area contributed by atoms with Gasteiger partial charge in [0.1, 0.15) is 18.9 Å². The zero-order chi connectivity index (χ0) is 22.0. The molecule has 1 amide bonds. The number of hydrogen-bond acceptors (Lipinski definition) is 7. The van der Waals surface area contributed by atoms with Crippen LogP contribution in [0.25, 0.3) is 0 Å². The SMILES string of the molecule is CCC=CC(O)C(COP(=O)([O-])OCC[N+](C)(C)C)NC(=O)CC(=O)C(C)C. The van der Waals surface area contributed by atoms with E-state index in [2.05, 4.69) is 5.32 Å². The largest absolute Gasteiger partial charge is 0.756 e. The highest BCUT2D eigenvalue weighted by atomic mass is 31.2. The molecule has 0 aliphatic carbocycles. The monoisotopic (exact) mass is 422 g/mol. The van der Waals surface area contributed by atoms with Gasteiger partial charge in [-0.3, -0.25) is 14.2 Å². The number of carbonyl (C=O) groups is 2. The van der Waals surface area contributed by atoms with E-state index in [0.29, 0.717) is 17.4 Å². The second-order valence-electron chi connectivity index (χ2n) is 7.89. The Morgan fingerprint density at radius 2 is 1.86 bits per heavy atom.